The Morgan fingerprint density at radius 2 is 1.34 bits per heavy atom. The first-order valence-electron chi connectivity index (χ1n) is 16.8. The quantitative estimate of drug-likeness (QED) is 0.0657. The number of nitrogens with zero attached hydrogens (tertiary/aromatic N) is 2. The molecule has 11 N–H and O–H groups in total. The first kappa shape index (κ1) is 41.8. The van der Waals surface area contributed by atoms with Crippen LogP contribution in [-0.4, -0.2) is 141 Å². The third-order valence-corrected chi connectivity index (χ3v) is 8.62. The van der Waals surface area contributed by atoms with Crippen LogP contribution in [0.5, 0.6) is 0 Å². The molecule has 0 aliphatic carbocycles. The van der Waals surface area contributed by atoms with Gasteiger partial charge in [0.2, 0.25) is 41.4 Å². The maximum Gasteiger partial charge on any atom is 0.326 e. The molecule has 19 heteroatoms. The Hall–Kier alpha value is -4.36. The summed E-state index contributed by atoms with van der Waals surface area (Å²) in [6.45, 7) is 5.85. The number of aliphatic hydroxyl groups excluding tert-OH is 2. The number of primary amides is 1. The monoisotopic (exact) mass is 712 g/mol. The van der Waals surface area contributed by atoms with E-state index in [1.165, 1.54) is 18.7 Å². The average molecular weight is 713 g/mol. The number of likely N-dealkylation sites (tertiary alicyclic amines) is 2. The molecule has 0 saturated carbocycles. The van der Waals surface area contributed by atoms with Crippen LogP contribution in [-0.2, 0) is 38.4 Å². The van der Waals surface area contributed by atoms with Crippen LogP contribution in [0.2, 0.25) is 0 Å². The van der Waals surface area contributed by atoms with Crippen LogP contribution in [0.15, 0.2) is 0 Å². The van der Waals surface area contributed by atoms with Crippen LogP contribution in [0.3, 0.4) is 0 Å². The Morgan fingerprint density at radius 3 is 1.86 bits per heavy atom. The minimum Gasteiger partial charge on any atom is -0.480 e. The second-order valence-electron chi connectivity index (χ2n) is 13.2. The molecule has 0 radical (unpaired) electrons. The number of aliphatic carboxylic acids is 1. The van der Waals surface area contributed by atoms with Gasteiger partial charge in [0.15, 0.2) is 0 Å². The smallest absolute Gasteiger partial charge is 0.326 e. The molecule has 2 aliphatic rings. The molecule has 0 aromatic carbocycles. The van der Waals surface area contributed by atoms with Crippen molar-refractivity contribution in [2.45, 2.75) is 121 Å². The van der Waals surface area contributed by atoms with E-state index in [9.17, 15) is 53.7 Å². The fraction of sp³-hybridized carbons (Fsp3) is 0.742. The zero-order chi connectivity index (χ0) is 37.9. The van der Waals surface area contributed by atoms with Gasteiger partial charge < -0.3 is 57.9 Å². The Bertz CT molecular complexity index is 1280. The highest BCUT2D eigenvalue weighted by molar-refractivity contribution is 5.97. The molecule has 50 heavy (non-hydrogen) atoms. The van der Waals surface area contributed by atoms with Crippen molar-refractivity contribution in [2.24, 2.45) is 17.4 Å². The molecule has 2 fully saturated rings. The second-order valence-corrected chi connectivity index (χ2v) is 13.2. The molecular weight excluding hydrogens is 660 g/mol. The van der Waals surface area contributed by atoms with E-state index in [1.807, 2.05) is 13.8 Å². The molecule has 8 atom stereocenters. The average Bonchev–Trinajstić information content (AvgIpc) is 3.73. The van der Waals surface area contributed by atoms with Crippen molar-refractivity contribution in [3.05, 3.63) is 0 Å². The van der Waals surface area contributed by atoms with Crippen LogP contribution in [0, 0.1) is 5.92 Å². The predicted molar refractivity (Wildman–Crippen MR) is 175 cm³/mol. The summed E-state index contributed by atoms with van der Waals surface area (Å²) < 4.78 is 0. The van der Waals surface area contributed by atoms with Gasteiger partial charge in [0.25, 0.3) is 0 Å². The normalized spacial score (nSPS) is 21.0. The van der Waals surface area contributed by atoms with E-state index in [0.29, 0.717) is 25.7 Å². The van der Waals surface area contributed by atoms with Crippen LogP contribution in [0.4, 0.5) is 0 Å². The number of carbonyl (C=O) groups excluding carboxylic acids is 7. The van der Waals surface area contributed by atoms with Gasteiger partial charge in [0.05, 0.1) is 18.8 Å². The third kappa shape index (κ3) is 11.6. The van der Waals surface area contributed by atoms with Crippen LogP contribution < -0.4 is 32.7 Å². The van der Waals surface area contributed by atoms with Crippen molar-refractivity contribution in [2.75, 3.05) is 19.7 Å². The summed E-state index contributed by atoms with van der Waals surface area (Å²) in [4.78, 5) is 104. The fourth-order valence-electron chi connectivity index (χ4n) is 5.97. The lowest BCUT2D eigenvalue weighted by molar-refractivity contribution is -0.149. The van der Waals surface area contributed by atoms with E-state index in [0.717, 1.165) is 4.90 Å². The minimum atomic E-state index is -1.67. The van der Waals surface area contributed by atoms with Gasteiger partial charge in [-0.3, -0.25) is 33.6 Å². The van der Waals surface area contributed by atoms with Crippen molar-refractivity contribution >= 4 is 47.3 Å². The Balaban J connectivity index is 2.13. The molecule has 19 nitrogen and oxygen atoms in total. The Labute approximate surface area is 290 Å². The van der Waals surface area contributed by atoms with Crippen molar-refractivity contribution in [3.63, 3.8) is 0 Å². The molecule has 2 heterocycles. The number of nitrogens with one attached hydrogen (secondary N) is 4. The van der Waals surface area contributed by atoms with Crippen molar-refractivity contribution in [3.8, 4) is 0 Å². The van der Waals surface area contributed by atoms with Crippen molar-refractivity contribution < 1.29 is 53.7 Å². The predicted octanol–water partition coefficient (Wildman–Crippen LogP) is -3.98. The molecule has 0 unspecified atom stereocenters. The van der Waals surface area contributed by atoms with Crippen LogP contribution in [0.25, 0.3) is 0 Å². The zero-order valence-corrected chi connectivity index (χ0v) is 28.9. The van der Waals surface area contributed by atoms with Gasteiger partial charge in [-0.2, -0.15) is 0 Å². The summed E-state index contributed by atoms with van der Waals surface area (Å²) in [5.74, 6) is -6.77. The molecule has 282 valence electrons. The minimum absolute atomic E-state index is 0.136. The number of aliphatic hydroxyl groups is 2. The molecule has 2 rings (SSSR count). The molecule has 2 saturated heterocycles. The topological polar surface area (TPSA) is 304 Å². The summed E-state index contributed by atoms with van der Waals surface area (Å²) in [6, 6.07) is -8.85. The maximum atomic E-state index is 13.3. The molecule has 2 aliphatic heterocycles. The van der Waals surface area contributed by atoms with E-state index in [4.69, 9.17) is 11.5 Å². The number of carboxylic acids is 1. The summed E-state index contributed by atoms with van der Waals surface area (Å²) in [7, 11) is 0. The van der Waals surface area contributed by atoms with Gasteiger partial charge in [-0.1, -0.05) is 13.8 Å². The summed E-state index contributed by atoms with van der Waals surface area (Å²) in [5.41, 5.74) is 11.3. The molecule has 0 aromatic heterocycles. The molecule has 7 amide bonds. The van der Waals surface area contributed by atoms with Crippen LogP contribution >= 0.6 is 0 Å². The lowest BCUT2D eigenvalue weighted by Gasteiger charge is -2.29. The Kier molecular flexibility index (Phi) is 16.0. The van der Waals surface area contributed by atoms with Crippen molar-refractivity contribution in [1.29, 1.82) is 0 Å². The first-order valence-corrected chi connectivity index (χ1v) is 16.8. The number of hydrogen-bond acceptors (Lipinski definition) is 11. The standard InChI is InChI=1S/C31H52N8O11/c1-15(2)13-18(32)30(48)38-11-5-7-21(38)27(45)36-20(14-40)26(44)35-19(9-10-23(33)42)25(43)37-24(17(4)41)28(46)34-16(3)29(47)39-12-6-8-22(39)31(49)50/h15-22,24,40-41H,5-14,32H2,1-4H3,(H2,33,42)(H,34,46)(H,35,44)(H,36,45)(H,37,43)(H,49,50)/t16-,17+,18-,19-,20-,21-,22-,24-/m0/s1. The van der Waals surface area contributed by atoms with Gasteiger partial charge in [0, 0.05) is 19.5 Å². The molecule has 0 aromatic rings. The first-order chi connectivity index (χ1) is 23.4. The number of amides is 7. The highest BCUT2D eigenvalue weighted by Gasteiger charge is 2.40. The summed E-state index contributed by atoms with van der Waals surface area (Å²) >= 11 is 0. The summed E-state index contributed by atoms with van der Waals surface area (Å²) in [6.07, 6.45) is -0.382. The zero-order valence-electron chi connectivity index (χ0n) is 28.9. The maximum absolute atomic E-state index is 13.3. The lowest BCUT2D eigenvalue weighted by Crippen LogP contribution is -2.61. The van der Waals surface area contributed by atoms with Gasteiger partial charge in [-0.25, -0.2) is 4.79 Å². The van der Waals surface area contributed by atoms with E-state index < -0.39 is 109 Å². The lowest BCUT2D eigenvalue weighted by atomic mass is 10.0. The fourth-order valence-corrected chi connectivity index (χ4v) is 5.97. The number of carbonyl (C=O) groups is 8. The largest absolute Gasteiger partial charge is 0.480 e. The van der Waals surface area contributed by atoms with Gasteiger partial charge in [-0.05, 0) is 58.3 Å². The van der Waals surface area contributed by atoms with E-state index in [2.05, 4.69) is 21.3 Å². The summed E-state index contributed by atoms with van der Waals surface area (Å²) in [5, 5.41) is 39.0. The number of nitrogens with two attached hydrogens (primary N) is 2. The molecular formula is C31H52N8O11. The molecule has 0 bridgehead atoms. The van der Waals surface area contributed by atoms with E-state index >= 15 is 0 Å². The second kappa shape index (κ2) is 19.1. The number of rotatable bonds is 18. The van der Waals surface area contributed by atoms with Gasteiger partial charge in [-0.15, -0.1) is 0 Å². The number of hydrogen-bond donors (Lipinski definition) is 9. The highest BCUT2D eigenvalue weighted by atomic mass is 16.4. The van der Waals surface area contributed by atoms with Gasteiger partial charge >= 0.3 is 5.97 Å². The van der Waals surface area contributed by atoms with Crippen LogP contribution in [0.1, 0.15) is 72.6 Å². The van der Waals surface area contributed by atoms with E-state index in [1.54, 1.807) is 0 Å². The van der Waals surface area contributed by atoms with Gasteiger partial charge in [0.1, 0.15) is 36.3 Å². The Morgan fingerprint density at radius 1 is 0.780 bits per heavy atom. The number of carboxylic acid groups (broad SMARTS) is 1. The van der Waals surface area contributed by atoms with Crippen molar-refractivity contribution in [1.82, 2.24) is 31.1 Å². The molecule has 0 spiro atoms. The SMILES string of the molecule is CC(C)C[C@H](N)C(=O)N1CCC[C@H]1C(=O)N[C@@H](CO)C(=O)N[C@@H](CCC(N)=O)C(=O)N[C@H](C(=O)N[C@@H](C)C(=O)N1CCC[C@H]1C(=O)O)[C@@H](C)O. The highest BCUT2D eigenvalue weighted by Crippen LogP contribution is 2.20. The van der Waals surface area contributed by atoms with E-state index in [-0.39, 0.29) is 31.8 Å². The third-order valence-electron chi connectivity index (χ3n) is 8.62.